The first kappa shape index (κ1) is 14.4. The molecule has 0 aliphatic carbocycles. The molecule has 0 aromatic heterocycles. The summed E-state index contributed by atoms with van der Waals surface area (Å²) in [7, 11) is -4.56. The fraction of sp³-hybridized carbons (Fsp3) is 1.00. The van der Waals surface area contributed by atoms with E-state index in [1.54, 1.807) is 20.8 Å². The van der Waals surface area contributed by atoms with Crippen molar-refractivity contribution in [2.24, 2.45) is 0 Å². The SMILES string of the molecule is CCC(C)(CC)OS(=O)(=O)[O-].[NH4+]. The van der Waals surface area contributed by atoms with Gasteiger partial charge < -0.3 is 10.7 Å². The summed E-state index contributed by atoms with van der Waals surface area (Å²) < 4.78 is 34.9. The number of quaternary nitrogens is 1. The zero-order valence-corrected chi connectivity index (χ0v) is 8.77. The van der Waals surface area contributed by atoms with E-state index in [-0.39, 0.29) is 6.15 Å². The molecular weight excluding hydrogens is 182 g/mol. The van der Waals surface area contributed by atoms with Crippen LogP contribution in [0.1, 0.15) is 33.6 Å². The second kappa shape index (κ2) is 4.76. The fourth-order valence-electron chi connectivity index (χ4n) is 0.614. The lowest BCUT2D eigenvalue weighted by molar-refractivity contribution is 0.0710. The van der Waals surface area contributed by atoms with Gasteiger partial charge in [-0.15, -0.1) is 0 Å². The Hall–Kier alpha value is -0.170. The molecule has 0 atom stereocenters. The molecule has 0 spiro atoms. The van der Waals surface area contributed by atoms with E-state index in [9.17, 15) is 13.0 Å². The van der Waals surface area contributed by atoms with Crippen LogP contribution in [0.15, 0.2) is 0 Å². The quantitative estimate of drug-likeness (QED) is 0.546. The molecule has 0 aromatic carbocycles. The minimum atomic E-state index is -4.56. The molecule has 0 saturated carbocycles. The van der Waals surface area contributed by atoms with E-state index in [2.05, 4.69) is 4.18 Å². The van der Waals surface area contributed by atoms with Crippen molar-refractivity contribution in [3.05, 3.63) is 0 Å². The molecular formula is C6H17NO4S. The average Bonchev–Trinajstić information content (AvgIpc) is 1.84. The van der Waals surface area contributed by atoms with Crippen LogP contribution in [0.2, 0.25) is 0 Å². The van der Waals surface area contributed by atoms with Crippen LogP contribution in [0.4, 0.5) is 0 Å². The molecule has 0 radical (unpaired) electrons. The Morgan fingerprint density at radius 1 is 1.33 bits per heavy atom. The van der Waals surface area contributed by atoms with E-state index in [1.165, 1.54) is 0 Å². The first-order valence-corrected chi connectivity index (χ1v) is 4.83. The number of hydrogen-bond acceptors (Lipinski definition) is 4. The van der Waals surface area contributed by atoms with E-state index >= 15 is 0 Å². The zero-order chi connectivity index (χ0) is 9.12. The maximum absolute atomic E-state index is 10.2. The number of rotatable bonds is 4. The smallest absolute Gasteiger partial charge is 0.218 e. The molecule has 0 amide bonds. The van der Waals surface area contributed by atoms with Crippen LogP contribution in [0.5, 0.6) is 0 Å². The Balaban J connectivity index is 0. The third-order valence-corrected chi connectivity index (χ3v) is 2.41. The maximum Gasteiger partial charge on any atom is 0.218 e. The fourth-order valence-corrected chi connectivity index (χ4v) is 1.34. The van der Waals surface area contributed by atoms with Crippen molar-refractivity contribution in [3.8, 4) is 0 Å². The highest BCUT2D eigenvalue weighted by Crippen LogP contribution is 2.20. The maximum atomic E-state index is 10.2. The lowest BCUT2D eigenvalue weighted by atomic mass is 10.0. The van der Waals surface area contributed by atoms with Crippen LogP contribution in [0.3, 0.4) is 0 Å². The molecule has 0 saturated heterocycles. The van der Waals surface area contributed by atoms with Crippen molar-refractivity contribution in [3.63, 3.8) is 0 Å². The first-order valence-electron chi connectivity index (χ1n) is 3.49. The molecule has 0 aliphatic heterocycles. The molecule has 4 N–H and O–H groups in total. The van der Waals surface area contributed by atoms with E-state index in [1.807, 2.05) is 0 Å². The molecule has 6 heteroatoms. The highest BCUT2D eigenvalue weighted by molar-refractivity contribution is 7.80. The Bertz CT molecular complexity index is 208. The predicted molar refractivity (Wildman–Crippen MR) is 45.8 cm³/mol. The molecule has 5 nitrogen and oxygen atoms in total. The lowest BCUT2D eigenvalue weighted by Crippen LogP contribution is -2.29. The Kier molecular flexibility index (Phi) is 5.69. The monoisotopic (exact) mass is 199 g/mol. The van der Waals surface area contributed by atoms with Crippen molar-refractivity contribution in [1.82, 2.24) is 6.15 Å². The Morgan fingerprint density at radius 3 is 1.75 bits per heavy atom. The van der Waals surface area contributed by atoms with E-state index in [0.717, 1.165) is 0 Å². The minimum Gasteiger partial charge on any atom is -0.726 e. The second-order valence-corrected chi connectivity index (χ2v) is 3.63. The molecule has 0 aromatic rings. The van der Waals surface area contributed by atoms with Crippen LogP contribution in [-0.4, -0.2) is 18.6 Å². The van der Waals surface area contributed by atoms with E-state index in [0.29, 0.717) is 12.8 Å². The first-order chi connectivity index (χ1) is 4.83. The van der Waals surface area contributed by atoms with Crippen LogP contribution in [-0.2, 0) is 14.6 Å². The second-order valence-electron chi connectivity index (χ2n) is 2.65. The summed E-state index contributed by atoms with van der Waals surface area (Å²) in [5.74, 6) is 0. The molecule has 0 heterocycles. The normalized spacial score (nSPS) is 12.3. The molecule has 12 heavy (non-hydrogen) atoms. The highest BCUT2D eigenvalue weighted by Gasteiger charge is 2.23. The van der Waals surface area contributed by atoms with Gasteiger partial charge in [-0.25, -0.2) is 8.42 Å². The van der Waals surface area contributed by atoms with Gasteiger partial charge in [-0.05, 0) is 19.8 Å². The van der Waals surface area contributed by atoms with Gasteiger partial charge in [0, 0.05) is 0 Å². The van der Waals surface area contributed by atoms with E-state index in [4.69, 9.17) is 0 Å². The van der Waals surface area contributed by atoms with Crippen LogP contribution in [0.25, 0.3) is 0 Å². The van der Waals surface area contributed by atoms with Gasteiger partial charge in [-0.2, -0.15) is 0 Å². The molecule has 76 valence electrons. The molecule has 0 bridgehead atoms. The summed E-state index contributed by atoms with van der Waals surface area (Å²) in [4.78, 5) is 0. The van der Waals surface area contributed by atoms with Crippen molar-refractivity contribution in [2.45, 2.75) is 39.2 Å². The van der Waals surface area contributed by atoms with Crippen molar-refractivity contribution in [2.75, 3.05) is 0 Å². The van der Waals surface area contributed by atoms with Crippen LogP contribution < -0.4 is 6.15 Å². The summed E-state index contributed by atoms with van der Waals surface area (Å²) in [6.45, 7) is 5.14. The van der Waals surface area contributed by atoms with Crippen LogP contribution >= 0.6 is 0 Å². The van der Waals surface area contributed by atoms with Crippen molar-refractivity contribution in [1.29, 1.82) is 0 Å². The average molecular weight is 199 g/mol. The minimum absolute atomic E-state index is 0. The third kappa shape index (κ3) is 5.48. The zero-order valence-electron chi connectivity index (χ0n) is 7.96. The third-order valence-electron chi connectivity index (χ3n) is 1.80. The largest absolute Gasteiger partial charge is 0.726 e. The topological polar surface area (TPSA) is 103 Å². The van der Waals surface area contributed by atoms with Gasteiger partial charge in [0.05, 0.1) is 5.60 Å². The Morgan fingerprint density at radius 2 is 1.67 bits per heavy atom. The van der Waals surface area contributed by atoms with E-state index < -0.39 is 16.0 Å². The van der Waals surface area contributed by atoms with Gasteiger partial charge in [-0.3, -0.25) is 4.18 Å². The summed E-state index contributed by atoms with van der Waals surface area (Å²) in [6, 6.07) is 0. The standard InChI is InChI=1S/C6H14O4S.H3N/c1-4-6(3,5-2)10-11(7,8)9;/h4-5H2,1-3H3,(H,7,8,9);1H3. The van der Waals surface area contributed by atoms with Gasteiger partial charge in [0.15, 0.2) is 0 Å². The Labute approximate surface area is 73.7 Å². The highest BCUT2D eigenvalue weighted by atomic mass is 32.3. The van der Waals surface area contributed by atoms with Crippen molar-refractivity contribution >= 4 is 10.4 Å². The summed E-state index contributed by atoms with van der Waals surface area (Å²) in [5.41, 5.74) is -0.833. The predicted octanol–water partition coefficient (Wildman–Crippen LogP) is 1.42. The number of hydrogen-bond donors (Lipinski definition) is 1. The van der Waals surface area contributed by atoms with Crippen molar-refractivity contribution < 1.29 is 17.2 Å². The van der Waals surface area contributed by atoms with Gasteiger partial charge in [0.1, 0.15) is 0 Å². The lowest BCUT2D eigenvalue weighted by Gasteiger charge is -2.27. The van der Waals surface area contributed by atoms with Gasteiger partial charge >= 0.3 is 0 Å². The van der Waals surface area contributed by atoms with Gasteiger partial charge in [0.2, 0.25) is 10.4 Å². The molecule has 0 unspecified atom stereocenters. The summed E-state index contributed by atoms with van der Waals surface area (Å²) in [5, 5.41) is 0. The van der Waals surface area contributed by atoms with Gasteiger partial charge in [0.25, 0.3) is 0 Å². The molecule has 0 fully saturated rings. The van der Waals surface area contributed by atoms with Crippen LogP contribution in [0, 0.1) is 0 Å². The molecule has 0 aliphatic rings. The summed E-state index contributed by atoms with van der Waals surface area (Å²) in [6.07, 6.45) is 1.01. The summed E-state index contributed by atoms with van der Waals surface area (Å²) >= 11 is 0. The van der Waals surface area contributed by atoms with Gasteiger partial charge in [-0.1, -0.05) is 13.8 Å². The molecule has 0 rings (SSSR count).